The van der Waals surface area contributed by atoms with E-state index in [1.807, 2.05) is 44.3 Å². The summed E-state index contributed by atoms with van der Waals surface area (Å²) in [4.78, 5) is 41.2. The first-order chi connectivity index (χ1) is 21.9. The summed E-state index contributed by atoms with van der Waals surface area (Å²) in [6.45, 7) is 2.33. The minimum atomic E-state index is -0.689. The lowest BCUT2D eigenvalue weighted by molar-refractivity contribution is -0.121. The van der Waals surface area contributed by atoms with Gasteiger partial charge in [-0.25, -0.2) is 4.39 Å². The van der Waals surface area contributed by atoms with Gasteiger partial charge in [-0.15, -0.1) is 0 Å². The first-order valence-corrected chi connectivity index (χ1v) is 14.9. The summed E-state index contributed by atoms with van der Waals surface area (Å²) in [5.74, 6) is -1.69. The summed E-state index contributed by atoms with van der Waals surface area (Å²) in [6.07, 6.45) is 9.58. The van der Waals surface area contributed by atoms with Crippen molar-refractivity contribution in [2.45, 2.75) is 26.2 Å². The van der Waals surface area contributed by atoms with E-state index >= 15 is 4.39 Å². The molecule has 0 unspecified atom stereocenters. The van der Waals surface area contributed by atoms with Gasteiger partial charge in [0.05, 0.1) is 24.1 Å². The number of allylic oxidation sites excluding steroid dienone is 2. The molecule has 1 saturated carbocycles. The SMILES string of the molecule is CC/C=C(/C=C\N(C)C)CN(C)C(=O)c1ccc(-c2cccc(NC(/C=C(\N)NC(=O)C3CC3)=C(/N)C(=O)NC)c2OC)cc1F. The topological polar surface area (TPSA) is 155 Å². The summed E-state index contributed by atoms with van der Waals surface area (Å²) in [5, 5.41) is 8.15. The summed E-state index contributed by atoms with van der Waals surface area (Å²) >= 11 is 0. The zero-order valence-corrected chi connectivity index (χ0v) is 27.2. The number of carbonyl (C=O) groups excluding carboxylic acids is 3. The predicted octanol–water partition coefficient (Wildman–Crippen LogP) is 3.64. The predicted molar refractivity (Wildman–Crippen MR) is 179 cm³/mol. The first-order valence-electron chi connectivity index (χ1n) is 14.9. The maximum Gasteiger partial charge on any atom is 0.269 e. The quantitative estimate of drug-likeness (QED) is 0.156. The molecule has 1 aliphatic carbocycles. The second-order valence-electron chi connectivity index (χ2n) is 11.1. The van der Waals surface area contributed by atoms with Crippen LogP contribution in [0.25, 0.3) is 11.1 Å². The molecule has 11 nitrogen and oxygen atoms in total. The monoisotopic (exact) mass is 633 g/mol. The molecule has 0 spiro atoms. The maximum absolute atomic E-state index is 15.5. The number of likely N-dealkylation sites (N-methyl/N-ethyl adjacent to an activating group) is 2. The van der Waals surface area contributed by atoms with Crippen LogP contribution in [0.15, 0.2) is 83.6 Å². The molecule has 12 heteroatoms. The van der Waals surface area contributed by atoms with Gasteiger partial charge in [-0.3, -0.25) is 14.4 Å². The van der Waals surface area contributed by atoms with Crippen molar-refractivity contribution in [1.82, 2.24) is 20.4 Å². The van der Waals surface area contributed by atoms with Gasteiger partial charge in [-0.05, 0) is 60.9 Å². The summed E-state index contributed by atoms with van der Waals surface area (Å²) < 4.78 is 21.2. The molecule has 7 N–H and O–H groups in total. The number of hydrogen-bond acceptors (Lipinski definition) is 8. The van der Waals surface area contributed by atoms with Crippen molar-refractivity contribution in [2.75, 3.05) is 47.2 Å². The van der Waals surface area contributed by atoms with Crippen molar-refractivity contribution in [1.29, 1.82) is 0 Å². The number of para-hydroxylation sites is 1. The molecule has 3 amide bonds. The second kappa shape index (κ2) is 16.2. The Hall–Kier alpha value is -5.26. The average Bonchev–Trinajstić information content (AvgIpc) is 3.88. The van der Waals surface area contributed by atoms with Gasteiger partial charge in [0.1, 0.15) is 23.1 Å². The fourth-order valence-electron chi connectivity index (χ4n) is 4.55. The van der Waals surface area contributed by atoms with E-state index in [-0.39, 0.29) is 34.6 Å². The lowest BCUT2D eigenvalue weighted by atomic mass is 10.0. The van der Waals surface area contributed by atoms with Crippen molar-refractivity contribution in [3.05, 3.63) is 95.0 Å². The molecular weight excluding hydrogens is 589 g/mol. The lowest BCUT2D eigenvalue weighted by Gasteiger charge is -2.20. The van der Waals surface area contributed by atoms with Crippen LogP contribution in [0.5, 0.6) is 5.75 Å². The molecule has 0 aromatic heterocycles. The van der Waals surface area contributed by atoms with Gasteiger partial charge >= 0.3 is 0 Å². The highest BCUT2D eigenvalue weighted by Crippen LogP contribution is 2.38. The summed E-state index contributed by atoms with van der Waals surface area (Å²) in [7, 11) is 8.33. The van der Waals surface area contributed by atoms with Crippen LogP contribution in [0.1, 0.15) is 36.5 Å². The number of rotatable bonds is 14. The zero-order valence-electron chi connectivity index (χ0n) is 27.2. The van der Waals surface area contributed by atoms with Crippen LogP contribution in [0.4, 0.5) is 10.1 Å². The third kappa shape index (κ3) is 9.37. The summed E-state index contributed by atoms with van der Waals surface area (Å²) in [6, 6.07) is 9.49. The van der Waals surface area contributed by atoms with Crippen molar-refractivity contribution in [2.24, 2.45) is 17.4 Å². The van der Waals surface area contributed by atoms with Gasteiger partial charge in [0.25, 0.3) is 11.8 Å². The van der Waals surface area contributed by atoms with Crippen LogP contribution in [-0.2, 0) is 9.59 Å². The number of methoxy groups -OCH3 is 1. The molecule has 1 aliphatic rings. The number of carbonyl (C=O) groups is 3. The fourth-order valence-corrected chi connectivity index (χ4v) is 4.55. The van der Waals surface area contributed by atoms with E-state index in [1.165, 1.54) is 37.3 Å². The minimum absolute atomic E-state index is 0.000281. The van der Waals surface area contributed by atoms with Crippen molar-refractivity contribution < 1.29 is 23.5 Å². The molecule has 0 radical (unpaired) electrons. The van der Waals surface area contributed by atoms with Gasteiger partial charge in [-0.2, -0.15) is 0 Å². The smallest absolute Gasteiger partial charge is 0.269 e. The fraction of sp³-hybridized carbons (Fsp3) is 0.324. The van der Waals surface area contributed by atoms with Crippen molar-refractivity contribution >= 4 is 23.4 Å². The van der Waals surface area contributed by atoms with E-state index in [9.17, 15) is 14.4 Å². The van der Waals surface area contributed by atoms with Crippen molar-refractivity contribution in [3.63, 3.8) is 0 Å². The van der Waals surface area contributed by atoms with Gasteiger partial charge in [0.15, 0.2) is 0 Å². The minimum Gasteiger partial charge on any atom is -0.494 e. The highest BCUT2D eigenvalue weighted by molar-refractivity contribution is 5.96. The molecule has 0 aliphatic heterocycles. The van der Waals surface area contributed by atoms with E-state index in [1.54, 1.807) is 31.3 Å². The highest BCUT2D eigenvalue weighted by atomic mass is 19.1. The molecule has 3 rings (SSSR count). The molecule has 246 valence electrons. The number of ether oxygens (including phenoxy) is 1. The van der Waals surface area contributed by atoms with Gasteiger partial charge in [0, 0.05) is 52.3 Å². The number of amides is 3. The molecular formula is C34H44FN7O4. The number of hydrogen-bond donors (Lipinski definition) is 5. The Bertz CT molecular complexity index is 1580. The number of nitrogens with one attached hydrogen (secondary N) is 3. The molecule has 1 fully saturated rings. The Kier molecular flexibility index (Phi) is 12.4. The first kappa shape index (κ1) is 35.2. The lowest BCUT2D eigenvalue weighted by Crippen LogP contribution is -2.31. The van der Waals surface area contributed by atoms with Crippen LogP contribution in [0, 0.1) is 11.7 Å². The van der Waals surface area contributed by atoms with Crippen LogP contribution in [-0.4, -0.2) is 69.4 Å². The Balaban J connectivity index is 1.92. The van der Waals surface area contributed by atoms with E-state index in [0.717, 1.165) is 24.8 Å². The molecule has 0 atom stereocenters. The third-order valence-electron chi connectivity index (χ3n) is 7.10. The highest BCUT2D eigenvalue weighted by Gasteiger charge is 2.29. The standard InChI is InChI=1S/C34H44FN7O4/c1-7-9-21(16-17-41(3)4)20-42(5)34(45)25-15-14-23(18-26(25)35)24-10-8-11-27(31(24)46-6)39-28(30(37)33(44)38-2)19-29(36)40-32(43)22-12-13-22/h8-11,14-19,22,39H,7,12-13,20,36-37H2,1-6H3,(H,38,44)(H,40,43)/b17-16-,21-9-,29-19+,30-28+. The number of benzene rings is 2. The molecule has 2 aromatic carbocycles. The zero-order chi connectivity index (χ0) is 34.0. The third-order valence-corrected chi connectivity index (χ3v) is 7.10. The molecule has 0 heterocycles. The van der Waals surface area contributed by atoms with E-state index in [2.05, 4.69) is 16.0 Å². The Morgan fingerprint density at radius 1 is 1.11 bits per heavy atom. The normalized spacial score (nSPS) is 14.0. The van der Waals surface area contributed by atoms with Gasteiger partial charge in [0.2, 0.25) is 5.91 Å². The number of halogens is 1. The molecule has 0 saturated heterocycles. The summed E-state index contributed by atoms with van der Waals surface area (Å²) in [5.41, 5.74) is 14.3. The van der Waals surface area contributed by atoms with Crippen LogP contribution in [0.2, 0.25) is 0 Å². The number of anilines is 1. The van der Waals surface area contributed by atoms with Crippen molar-refractivity contribution in [3.8, 4) is 16.9 Å². The van der Waals surface area contributed by atoms with Crippen LogP contribution in [0.3, 0.4) is 0 Å². The number of nitrogens with zero attached hydrogens (tertiary/aromatic N) is 2. The van der Waals surface area contributed by atoms with Gasteiger partial charge < -0.3 is 42.0 Å². The van der Waals surface area contributed by atoms with Gasteiger partial charge in [-0.1, -0.05) is 31.2 Å². The van der Waals surface area contributed by atoms with Crippen LogP contribution >= 0.6 is 0 Å². The second-order valence-corrected chi connectivity index (χ2v) is 11.1. The molecule has 2 aromatic rings. The number of nitrogens with two attached hydrogens (primary N) is 2. The Morgan fingerprint density at radius 3 is 2.41 bits per heavy atom. The Morgan fingerprint density at radius 2 is 1.83 bits per heavy atom. The average molecular weight is 634 g/mol. The van der Waals surface area contributed by atoms with Crippen LogP contribution < -0.4 is 32.2 Å². The Labute approximate surface area is 269 Å². The maximum atomic E-state index is 15.5. The van der Waals surface area contributed by atoms with E-state index in [4.69, 9.17) is 16.2 Å². The van der Waals surface area contributed by atoms with E-state index < -0.39 is 17.6 Å². The largest absolute Gasteiger partial charge is 0.494 e. The molecule has 0 bridgehead atoms. The molecule has 46 heavy (non-hydrogen) atoms. The van der Waals surface area contributed by atoms with E-state index in [0.29, 0.717) is 29.1 Å².